The molecule has 3 aromatic rings. The molecule has 0 aliphatic carbocycles. The summed E-state index contributed by atoms with van der Waals surface area (Å²) in [5.74, 6) is -0.0387. The van der Waals surface area contributed by atoms with Gasteiger partial charge in [0.05, 0.1) is 22.1 Å². The van der Waals surface area contributed by atoms with Gasteiger partial charge in [-0.25, -0.2) is 4.98 Å². The molecule has 3 nitrogen and oxygen atoms in total. The van der Waals surface area contributed by atoms with Crippen molar-refractivity contribution in [1.29, 1.82) is 0 Å². The molecule has 0 aliphatic heterocycles. The summed E-state index contributed by atoms with van der Waals surface area (Å²) in [5.41, 5.74) is 2.81. The number of nitrogens with one attached hydrogen (secondary N) is 1. The molecule has 1 N–H and O–H groups in total. The van der Waals surface area contributed by atoms with Gasteiger partial charge in [-0.3, -0.25) is 4.79 Å². The summed E-state index contributed by atoms with van der Waals surface area (Å²) in [6, 6.07) is 11.7. The molecule has 5 heteroatoms. The summed E-state index contributed by atoms with van der Waals surface area (Å²) in [6.45, 7) is 4.53. The lowest BCUT2D eigenvalue weighted by Gasteiger charge is -2.04. The molecule has 1 aromatic carbocycles. The molecule has 0 spiro atoms. The van der Waals surface area contributed by atoms with Crippen LogP contribution in [0.25, 0.3) is 10.6 Å². The normalized spacial score (nSPS) is 10.6. The minimum Gasteiger partial charge on any atom is -0.347 e. The molecule has 0 atom stereocenters. The summed E-state index contributed by atoms with van der Waals surface area (Å²) in [5, 5.41) is 6.10. The number of carbonyl (C=O) groups excluding carboxylic acids is 1. The molecule has 1 amide bonds. The van der Waals surface area contributed by atoms with E-state index in [1.165, 1.54) is 0 Å². The number of benzene rings is 1. The maximum Gasteiger partial charge on any atom is 0.251 e. The Morgan fingerprint density at radius 3 is 2.82 bits per heavy atom. The molecule has 2 heterocycles. The van der Waals surface area contributed by atoms with Gasteiger partial charge in [0.2, 0.25) is 0 Å². The standard InChI is InChI=1S/C17H16N2OS2/c1-11-4-3-5-13(8-11)17(20)18-9-14-6-7-16(22-14)15-10-21-12(2)19-15/h3-8,10H,9H2,1-2H3,(H,18,20). The number of carbonyl (C=O) groups is 1. The summed E-state index contributed by atoms with van der Waals surface area (Å²) < 4.78 is 0. The number of rotatable bonds is 4. The van der Waals surface area contributed by atoms with Crippen molar-refractivity contribution >= 4 is 28.6 Å². The zero-order valence-electron chi connectivity index (χ0n) is 12.4. The maximum atomic E-state index is 12.1. The molecule has 2 aromatic heterocycles. The van der Waals surface area contributed by atoms with E-state index >= 15 is 0 Å². The van der Waals surface area contributed by atoms with Gasteiger partial charge in [-0.05, 0) is 38.1 Å². The number of aryl methyl sites for hydroxylation is 2. The van der Waals surface area contributed by atoms with Crippen molar-refractivity contribution in [2.75, 3.05) is 0 Å². The zero-order chi connectivity index (χ0) is 15.5. The topological polar surface area (TPSA) is 42.0 Å². The highest BCUT2D eigenvalue weighted by atomic mass is 32.1. The van der Waals surface area contributed by atoms with Crippen molar-refractivity contribution in [3.63, 3.8) is 0 Å². The van der Waals surface area contributed by atoms with Gasteiger partial charge in [0.1, 0.15) is 0 Å². The second kappa shape index (κ2) is 6.42. The summed E-state index contributed by atoms with van der Waals surface area (Å²) in [6.07, 6.45) is 0. The third kappa shape index (κ3) is 3.43. The molecule has 3 rings (SSSR count). The Bertz CT molecular complexity index is 804. The highest BCUT2D eigenvalue weighted by Gasteiger charge is 2.08. The van der Waals surface area contributed by atoms with E-state index in [-0.39, 0.29) is 5.91 Å². The fraction of sp³-hybridized carbons (Fsp3) is 0.176. The van der Waals surface area contributed by atoms with Crippen molar-refractivity contribution in [1.82, 2.24) is 10.3 Å². The highest BCUT2D eigenvalue weighted by Crippen LogP contribution is 2.28. The molecule has 112 valence electrons. The van der Waals surface area contributed by atoms with Crippen LogP contribution in [-0.4, -0.2) is 10.9 Å². The first kappa shape index (κ1) is 14.9. The first-order valence-electron chi connectivity index (χ1n) is 6.98. The van der Waals surface area contributed by atoms with E-state index in [4.69, 9.17) is 0 Å². The monoisotopic (exact) mass is 328 g/mol. The number of thiazole rings is 1. The summed E-state index contributed by atoms with van der Waals surface area (Å²) in [7, 11) is 0. The smallest absolute Gasteiger partial charge is 0.251 e. The van der Waals surface area contributed by atoms with Gasteiger partial charge in [0.25, 0.3) is 5.91 Å². The second-order valence-electron chi connectivity index (χ2n) is 5.07. The van der Waals surface area contributed by atoms with E-state index in [0.717, 1.165) is 26.0 Å². The maximum absolute atomic E-state index is 12.1. The lowest BCUT2D eigenvalue weighted by atomic mass is 10.1. The number of nitrogens with zero attached hydrogens (tertiary/aromatic N) is 1. The molecule has 22 heavy (non-hydrogen) atoms. The minimum atomic E-state index is -0.0387. The van der Waals surface area contributed by atoms with E-state index in [2.05, 4.69) is 21.7 Å². The van der Waals surface area contributed by atoms with Crippen molar-refractivity contribution < 1.29 is 4.79 Å². The molecule has 0 saturated heterocycles. The van der Waals surface area contributed by atoms with Crippen molar-refractivity contribution in [3.05, 3.63) is 62.8 Å². The minimum absolute atomic E-state index is 0.0387. The first-order chi connectivity index (χ1) is 10.6. The summed E-state index contributed by atoms with van der Waals surface area (Å²) in [4.78, 5) is 18.9. The van der Waals surface area contributed by atoms with Crippen LogP contribution in [0.2, 0.25) is 0 Å². The number of thiophene rings is 1. The van der Waals surface area contributed by atoms with Crippen LogP contribution < -0.4 is 5.32 Å². The van der Waals surface area contributed by atoms with E-state index in [1.807, 2.05) is 44.2 Å². The Hall–Kier alpha value is -1.98. The van der Waals surface area contributed by atoms with Crippen molar-refractivity contribution in [2.24, 2.45) is 0 Å². The SMILES string of the molecule is Cc1cccc(C(=O)NCc2ccc(-c3csc(C)n3)s2)c1. The predicted molar refractivity (Wildman–Crippen MR) is 92.5 cm³/mol. The third-order valence-corrected chi connectivity index (χ3v) is 5.12. The van der Waals surface area contributed by atoms with Crippen LogP contribution in [0.4, 0.5) is 0 Å². The Kier molecular flexibility index (Phi) is 4.36. The molecule has 0 unspecified atom stereocenters. The average molecular weight is 328 g/mol. The van der Waals surface area contributed by atoms with Gasteiger partial charge in [-0.15, -0.1) is 22.7 Å². The largest absolute Gasteiger partial charge is 0.347 e. The van der Waals surface area contributed by atoms with Gasteiger partial charge in [0, 0.05) is 15.8 Å². The first-order valence-corrected chi connectivity index (χ1v) is 8.67. The van der Waals surface area contributed by atoms with Gasteiger partial charge in [-0.1, -0.05) is 17.7 Å². The third-order valence-electron chi connectivity index (χ3n) is 3.24. The molecule has 0 aliphatic rings. The predicted octanol–water partition coefficient (Wildman–Crippen LogP) is 4.42. The quantitative estimate of drug-likeness (QED) is 0.770. The molecule has 0 fully saturated rings. The molecular formula is C17H16N2OS2. The van der Waals surface area contributed by atoms with Crippen LogP contribution in [0, 0.1) is 13.8 Å². The Balaban J connectivity index is 1.65. The van der Waals surface area contributed by atoms with Crippen molar-refractivity contribution in [3.8, 4) is 10.6 Å². The van der Waals surface area contributed by atoms with Gasteiger partial charge >= 0.3 is 0 Å². The summed E-state index contributed by atoms with van der Waals surface area (Å²) >= 11 is 3.32. The van der Waals surface area contributed by atoms with Gasteiger partial charge in [0.15, 0.2) is 0 Å². The van der Waals surface area contributed by atoms with E-state index in [9.17, 15) is 4.79 Å². The number of aromatic nitrogens is 1. The molecule has 0 radical (unpaired) electrons. The molecule has 0 saturated carbocycles. The lowest BCUT2D eigenvalue weighted by Crippen LogP contribution is -2.22. The number of hydrogen-bond acceptors (Lipinski definition) is 4. The Labute approximate surface area is 137 Å². The van der Waals surface area contributed by atoms with Crippen LogP contribution >= 0.6 is 22.7 Å². The van der Waals surface area contributed by atoms with Crippen LogP contribution in [0.3, 0.4) is 0 Å². The van der Waals surface area contributed by atoms with Crippen LogP contribution in [-0.2, 0) is 6.54 Å². The van der Waals surface area contributed by atoms with E-state index < -0.39 is 0 Å². The highest BCUT2D eigenvalue weighted by molar-refractivity contribution is 7.16. The molecule has 0 bridgehead atoms. The fourth-order valence-corrected chi connectivity index (χ4v) is 3.74. The van der Waals surface area contributed by atoms with Crippen LogP contribution in [0.15, 0.2) is 41.8 Å². The lowest BCUT2D eigenvalue weighted by molar-refractivity contribution is 0.0951. The van der Waals surface area contributed by atoms with Crippen molar-refractivity contribution in [2.45, 2.75) is 20.4 Å². The Morgan fingerprint density at radius 1 is 1.23 bits per heavy atom. The number of amides is 1. The molecular weight excluding hydrogens is 312 g/mol. The zero-order valence-corrected chi connectivity index (χ0v) is 14.1. The van der Waals surface area contributed by atoms with Gasteiger partial charge < -0.3 is 5.32 Å². The Morgan fingerprint density at radius 2 is 2.09 bits per heavy atom. The van der Waals surface area contributed by atoms with Crippen LogP contribution in [0.1, 0.15) is 25.8 Å². The second-order valence-corrected chi connectivity index (χ2v) is 7.30. The van der Waals surface area contributed by atoms with Crippen LogP contribution in [0.5, 0.6) is 0 Å². The van der Waals surface area contributed by atoms with E-state index in [1.54, 1.807) is 22.7 Å². The number of hydrogen-bond donors (Lipinski definition) is 1. The van der Waals surface area contributed by atoms with Gasteiger partial charge in [-0.2, -0.15) is 0 Å². The van der Waals surface area contributed by atoms with E-state index in [0.29, 0.717) is 12.1 Å². The fourth-order valence-electron chi connectivity index (χ4n) is 2.14. The average Bonchev–Trinajstić information content (AvgIpc) is 3.13.